The highest BCUT2D eigenvalue weighted by Gasteiger charge is 2.04. The Kier molecular flexibility index (Phi) is 5.39. The molecule has 0 fully saturated rings. The van der Waals surface area contributed by atoms with Gasteiger partial charge in [0.15, 0.2) is 5.16 Å². The predicted molar refractivity (Wildman–Crippen MR) is 102 cm³/mol. The Labute approximate surface area is 153 Å². The van der Waals surface area contributed by atoms with Crippen molar-refractivity contribution in [2.24, 2.45) is 0 Å². The van der Waals surface area contributed by atoms with Crippen LogP contribution in [0.15, 0.2) is 58.6 Å². The smallest absolute Gasteiger partial charge is 0.192 e. The van der Waals surface area contributed by atoms with Gasteiger partial charge in [0.25, 0.3) is 0 Å². The fraction of sp³-hybridized carbons (Fsp3) is 0.238. The molecule has 2 aromatic carbocycles. The van der Waals surface area contributed by atoms with Crippen molar-refractivity contribution in [3.05, 3.63) is 76.6 Å². The molecule has 1 heterocycles. The summed E-state index contributed by atoms with van der Waals surface area (Å²) >= 11 is 1.57. The van der Waals surface area contributed by atoms with Crippen molar-refractivity contribution in [2.45, 2.75) is 44.4 Å². The van der Waals surface area contributed by atoms with Crippen LogP contribution < -0.4 is 4.74 Å². The average Bonchev–Trinajstić information content (AvgIpc) is 2.52. The lowest BCUT2D eigenvalue weighted by Gasteiger charge is -2.09. The molecule has 128 valence electrons. The quantitative estimate of drug-likeness (QED) is 0.574. The van der Waals surface area contributed by atoms with Crippen LogP contribution in [0.1, 0.15) is 28.1 Å². The van der Waals surface area contributed by atoms with Crippen LogP contribution in [-0.4, -0.2) is 9.97 Å². The van der Waals surface area contributed by atoms with Gasteiger partial charge in [0.05, 0.1) is 0 Å². The number of aromatic nitrogens is 2. The summed E-state index contributed by atoms with van der Waals surface area (Å²) in [5.74, 6) is 0.866. The van der Waals surface area contributed by atoms with E-state index in [0.29, 0.717) is 6.61 Å². The second kappa shape index (κ2) is 7.70. The van der Waals surface area contributed by atoms with Gasteiger partial charge in [0, 0.05) is 16.3 Å². The minimum atomic E-state index is 0.579. The number of benzene rings is 2. The van der Waals surface area contributed by atoms with Gasteiger partial charge in [-0.05, 0) is 75.4 Å². The van der Waals surface area contributed by atoms with E-state index in [9.17, 15) is 0 Å². The molecule has 3 aromatic rings. The summed E-state index contributed by atoms with van der Waals surface area (Å²) in [6.45, 7) is 8.77. The third kappa shape index (κ3) is 5.07. The van der Waals surface area contributed by atoms with E-state index in [-0.39, 0.29) is 0 Å². The van der Waals surface area contributed by atoms with E-state index < -0.39 is 0 Å². The standard InChI is InChI=1S/C21H22N2OS/c1-14-9-15(2)11-18(10-14)13-24-19-5-7-20(8-6-19)25-21-22-16(3)12-17(4)23-21/h5-12H,13H2,1-4H3. The Balaban J connectivity index is 1.63. The summed E-state index contributed by atoms with van der Waals surface area (Å²) < 4.78 is 5.90. The molecule has 0 atom stereocenters. The van der Waals surface area contributed by atoms with Gasteiger partial charge in [-0.3, -0.25) is 0 Å². The van der Waals surface area contributed by atoms with Crippen molar-refractivity contribution in [3.63, 3.8) is 0 Å². The molecule has 0 amide bonds. The Hall–Kier alpha value is -2.33. The summed E-state index contributed by atoms with van der Waals surface area (Å²) in [5, 5.41) is 0.779. The van der Waals surface area contributed by atoms with Crippen molar-refractivity contribution in [3.8, 4) is 5.75 Å². The Morgan fingerprint density at radius 1 is 0.800 bits per heavy atom. The minimum absolute atomic E-state index is 0.579. The van der Waals surface area contributed by atoms with E-state index in [4.69, 9.17) is 4.74 Å². The predicted octanol–water partition coefficient (Wildman–Crippen LogP) is 5.44. The van der Waals surface area contributed by atoms with Crippen LogP contribution in [0.25, 0.3) is 0 Å². The monoisotopic (exact) mass is 350 g/mol. The number of nitrogens with zero attached hydrogens (tertiary/aromatic N) is 2. The van der Waals surface area contributed by atoms with E-state index >= 15 is 0 Å². The largest absolute Gasteiger partial charge is 0.489 e. The maximum atomic E-state index is 5.90. The first-order valence-electron chi connectivity index (χ1n) is 8.28. The van der Waals surface area contributed by atoms with Gasteiger partial charge in [0.2, 0.25) is 0 Å². The third-order valence-electron chi connectivity index (χ3n) is 3.68. The Morgan fingerprint density at radius 3 is 2.00 bits per heavy atom. The molecule has 3 rings (SSSR count). The number of ether oxygens (including phenoxy) is 1. The molecule has 1 aromatic heterocycles. The van der Waals surface area contributed by atoms with E-state index in [2.05, 4.69) is 42.0 Å². The average molecular weight is 350 g/mol. The summed E-state index contributed by atoms with van der Waals surface area (Å²) in [5.41, 5.74) is 5.70. The molecular weight excluding hydrogens is 328 g/mol. The number of aryl methyl sites for hydroxylation is 4. The number of hydrogen-bond donors (Lipinski definition) is 0. The molecule has 0 unspecified atom stereocenters. The van der Waals surface area contributed by atoms with E-state index in [0.717, 1.165) is 27.2 Å². The van der Waals surface area contributed by atoms with Crippen LogP contribution in [0.2, 0.25) is 0 Å². The lowest BCUT2D eigenvalue weighted by molar-refractivity contribution is 0.306. The molecule has 0 saturated carbocycles. The van der Waals surface area contributed by atoms with Crippen LogP contribution in [0, 0.1) is 27.7 Å². The SMILES string of the molecule is Cc1cc(C)cc(COc2ccc(Sc3nc(C)cc(C)n3)cc2)c1. The molecule has 0 aliphatic heterocycles. The van der Waals surface area contributed by atoms with Gasteiger partial charge in [-0.1, -0.05) is 29.3 Å². The Bertz CT molecular complexity index is 835. The molecule has 0 radical (unpaired) electrons. The topological polar surface area (TPSA) is 35.0 Å². The molecule has 0 aliphatic rings. The fourth-order valence-electron chi connectivity index (χ4n) is 2.77. The van der Waals surface area contributed by atoms with Crippen molar-refractivity contribution in [1.29, 1.82) is 0 Å². The number of hydrogen-bond acceptors (Lipinski definition) is 4. The molecule has 3 nitrogen and oxygen atoms in total. The maximum absolute atomic E-state index is 5.90. The molecule has 0 bridgehead atoms. The molecular formula is C21H22N2OS. The molecule has 4 heteroatoms. The van der Waals surface area contributed by atoms with Crippen LogP contribution in [0.3, 0.4) is 0 Å². The van der Waals surface area contributed by atoms with Crippen LogP contribution in [-0.2, 0) is 6.61 Å². The first kappa shape index (κ1) is 17.5. The third-order valence-corrected chi connectivity index (χ3v) is 4.55. The van der Waals surface area contributed by atoms with Gasteiger partial charge in [0.1, 0.15) is 12.4 Å². The Morgan fingerprint density at radius 2 is 1.40 bits per heavy atom. The van der Waals surface area contributed by atoms with Gasteiger partial charge < -0.3 is 4.74 Å². The van der Waals surface area contributed by atoms with Crippen LogP contribution >= 0.6 is 11.8 Å². The van der Waals surface area contributed by atoms with Crippen LogP contribution in [0.4, 0.5) is 0 Å². The second-order valence-corrected chi connectivity index (χ2v) is 7.33. The maximum Gasteiger partial charge on any atom is 0.192 e. The molecule has 0 N–H and O–H groups in total. The van der Waals surface area contributed by atoms with Gasteiger partial charge in [-0.2, -0.15) is 0 Å². The molecule has 25 heavy (non-hydrogen) atoms. The lowest BCUT2D eigenvalue weighted by Crippen LogP contribution is -1.96. The molecule has 0 saturated heterocycles. The highest BCUT2D eigenvalue weighted by Crippen LogP contribution is 2.27. The first-order valence-corrected chi connectivity index (χ1v) is 9.10. The highest BCUT2D eigenvalue weighted by atomic mass is 32.2. The number of rotatable bonds is 5. The second-order valence-electron chi connectivity index (χ2n) is 6.29. The lowest BCUT2D eigenvalue weighted by atomic mass is 10.1. The summed E-state index contributed by atoms with van der Waals surface area (Å²) in [6.07, 6.45) is 0. The van der Waals surface area contributed by atoms with Gasteiger partial charge >= 0.3 is 0 Å². The van der Waals surface area contributed by atoms with E-state index in [1.807, 2.05) is 44.2 Å². The molecule has 0 spiro atoms. The summed E-state index contributed by atoms with van der Waals surface area (Å²) in [6, 6.07) is 16.5. The zero-order chi connectivity index (χ0) is 17.8. The summed E-state index contributed by atoms with van der Waals surface area (Å²) in [7, 11) is 0. The van der Waals surface area contributed by atoms with E-state index in [1.165, 1.54) is 16.7 Å². The first-order chi connectivity index (χ1) is 12.0. The van der Waals surface area contributed by atoms with E-state index in [1.54, 1.807) is 11.8 Å². The molecule has 0 aliphatic carbocycles. The zero-order valence-electron chi connectivity index (χ0n) is 15.0. The highest BCUT2D eigenvalue weighted by molar-refractivity contribution is 7.99. The normalized spacial score (nSPS) is 10.7. The van der Waals surface area contributed by atoms with Crippen LogP contribution in [0.5, 0.6) is 5.75 Å². The van der Waals surface area contributed by atoms with Crippen molar-refractivity contribution >= 4 is 11.8 Å². The summed E-state index contributed by atoms with van der Waals surface area (Å²) in [4.78, 5) is 10.0. The van der Waals surface area contributed by atoms with Crippen molar-refractivity contribution in [2.75, 3.05) is 0 Å². The zero-order valence-corrected chi connectivity index (χ0v) is 15.9. The van der Waals surface area contributed by atoms with Crippen molar-refractivity contribution < 1.29 is 4.74 Å². The van der Waals surface area contributed by atoms with Gasteiger partial charge in [-0.25, -0.2) is 9.97 Å². The minimum Gasteiger partial charge on any atom is -0.489 e. The van der Waals surface area contributed by atoms with Gasteiger partial charge in [-0.15, -0.1) is 0 Å². The fourth-order valence-corrected chi connectivity index (χ4v) is 3.63. The van der Waals surface area contributed by atoms with Crippen molar-refractivity contribution in [1.82, 2.24) is 9.97 Å².